The van der Waals surface area contributed by atoms with Gasteiger partial charge in [0, 0.05) is 19.7 Å². The van der Waals surface area contributed by atoms with Crippen molar-refractivity contribution in [3.8, 4) is 0 Å². The molecule has 0 saturated carbocycles. The Morgan fingerprint density at radius 1 is 1.05 bits per heavy atom. The number of rotatable bonds is 12. The number of hydrogen-bond acceptors (Lipinski definition) is 2. The summed E-state index contributed by atoms with van der Waals surface area (Å²) in [4.78, 5) is 0. The minimum Gasteiger partial charge on any atom is -0.393 e. The third kappa shape index (κ3) is 8.36. The third-order valence-electron chi connectivity index (χ3n) is 3.87. The maximum Gasteiger partial charge on any atom is 0.0581 e. The fourth-order valence-corrected chi connectivity index (χ4v) is 2.64. The smallest absolute Gasteiger partial charge is 0.0581 e. The first-order valence-corrected chi connectivity index (χ1v) is 8.38. The van der Waals surface area contributed by atoms with Gasteiger partial charge in [-0.1, -0.05) is 64.7 Å². The zero-order chi connectivity index (χ0) is 14.6. The van der Waals surface area contributed by atoms with Gasteiger partial charge in [0.05, 0.1) is 12.3 Å². The topological polar surface area (TPSA) is 38.1 Å². The first kappa shape index (κ1) is 17.2. The van der Waals surface area contributed by atoms with Crippen LogP contribution >= 0.6 is 0 Å². The van der Waals surface area contributed by atoms with Gasteiger partial charge in [-0.15, -0.1) is 0 Å². The van der Waals surface area contributed by atoms with Crippen molar-refractivity contribution in [1.82, 2.24) is 9.78 Å². The van der Waals surface area contributed by atoms with Crippen LogP contribution in [0.2, 0.25) is 0 Å². The fourth-order valence-electron chi connectivity index (χ4n) is 2.64. The summed E-state index contributed by atoms with van der Waals surface area (Å²) in [5, 5.41) is 14.1. The van der Waals surface area contributed by atoms with Crippen molar-refractivity contribution >= 4 is 0 Å². The molecule has 0 aromatic carbocycles. The van der Waals surface area contributed by atoms with Crippen molar-refractivity contribution in [2.24, 2.45) is 7.05 Å². The average Bonchev–Trinajstić information content (AvgIpc) is 2.82. The summed E-state index contributed by atoms with van der Waals surface area (Å²) < 4.78 is 1.79. The lowest BCUT2D eigenvalue weighted by Crippen LogP contribution is -2.09. The predicted molar refractivity (Wildman–Crippen MR) is 84.8 cm³/mol. The first-order valence-electron chi connectivity index (χ1n) is 8.38. The molecule has 116 valence electrons. The van der Waals surface area contributed by atoms with Gasteiger partial charge in [-0.3, -0.25) is 4.68 Å². The normalized spacial score (nSPS) is 12.8. The number of aryl methyl sites for hydroxylation is 1. The summed E-state index contributed by atoms with van der Waals surface area (Å²) in [5.74, 6) is 0. The molecule has 1 rings (SSSR count). The Bertz CT molecular complexity index is 335. The lowest BCUT2D eigenvalue weighted by molar-refractivity contribution is 0.161. The molecular formula is C17H32N2O. The van der Waals surface area contributed by atoms with E-state index >= 15 is 0 Å². The van der Waals surface area contributed by atoms with Crippen LogP contribution in [0, 0.1) is 0 Å². The van der Waals surface area contributed by atoms with E-state index in [4.69, 9.17) is 0 Å². The highest BCUT2D eigenvalue weighted by atomic mass is 16.3. The maximum absolute atomic E-state index is 9.97. The van der Waals surface area contributed by atoms with Crippen LogP contribution < -0.4 is 0 Å². The van der Waals surface area contributed by atoms with Crippen LogP contribution in [0.25, 0.3) is 0 Å². The van der Waals surface area contributed by atoms with Gasteiger partial charge in [0.15, 0.2) is 0 Å². The second-order valence-corrected chi connectivity index (χ2v) is 6.00. The van der Waals surface area contributed by atoms with Crippen molar-refractivity contribution in [2.45, 2.75) is 83.7 Å². The summed E-state index contributed by atoms with van der Waals surface area (Å²) in [7, 11) is 1.91. The molecule has 3 heteroatoms. The van der Waals surface area contributed by atoms with Gasteiger partial charge in [0.25, 0.3) is 0 Å². The molecule has 0 aliphatic carbocycles. The van der Waals surface area contributed by atoms with E-state index in [2.05, 4.69) is 12.0 Å². The molecule has 1 N–H and O–H groups in total. The van der Waals surface area contributed by atoms with Crippen LogP contribution in [0.5, 0.6) is 0 Å². The lowest BCUT2D eigenvalue weighted by Gasteiger charge is -2.08. The Kier molecular flexibility index (Phi) is 9.38. The molecule has 0 radical (unpaired) electrons. The molecule has 20 heavy (non-hydrogen) atoms. The van der Waals surface area contributed by atoms with Gasteiger partial charge in [-0.05, 0) is 12.0 Å². The van der Waals surface area contributed by atoms with Crippen LogP contribution in [0.4, 0.5) is 0 Å². The summed E-state index contributed by atoms with van der Waals surface area (Å²) in [6, 6.07) is 0. The van der Waals surface area contributed by atoms with Crippen LogP contribution in [0.3, 0.4) is 0 Å². The average molecular weight is 280 g/mol. The monoisotopic (exact) mass is 280 g/mol. The zero-order valence-electron chi connectivity index (χ0n) is 13.4. The van der Waals surface area contributed by atoms with Gasteiger partial charge in [-0.25, -0.2) is 0 Å². The van der Waals surface area contributed by atoms with E-state index in [0.29, 0.717) is 0 Å². The Balaban J connectivity index is 1.90. The van der Waals surface area contributed by atoms with E-state index in [1.807, 2.05) is 19.4 Å². The second-order valence-electron chi connectivity index (χ2n) is 6.00. The van der Waals surface area contributed by atoms with Crippen molar-refractivity contribution in [3.63, 3.8) is 0 Å². The second kappa shape index (κ2) is 10.9. The molecule has 1 atom stereocenters. The van der Waals surface area contributed by atoms with Crippen molar-refractivity contribution < 1.29 is 5.11 Å². The summed E-state index contributed by atoms with van der Waals surface area (Å²) in [6.07, 6.45) is 17.3. The SMILES string of the molecule is CCCCCCCCCCCC(O)Cc1cnn(C)c1. The molecule has 1 unspecified atom stereocenters. The molecule has 0 aliphatic rings. The van der Waals surface area contributed by atoms with Crippen molar-refractivity contribution in [1.29, 1.82) is 0 Å². The molecule has 0 aliphatic heterocycles. The van der Waals surface area contributed by atoms with Crippen molar-refractivity contribution in [3.05, 3.63) is 18.0 Å². The molecular weight excluding hydrogens is 248 g/mol. The van der Waals surface area contributed by atoms with Crippen LogP contribution in [0.15, 0.2) is 12.4 Å². The largest absolute Gasteiger partial charge is 0.393 e. The molecule has 1 heterocycles. The quantitative estimate of drug-likeness (QED) is 0.581. The Morgan fingerprint density at radius 3 is 2.20 bits per heavy atom. The first-order chi connectivity index (χ1) is 9.72. The Hall–Kier alpha value is -0.830. The molecule has 0 saturated heterocycles. The highest BCUT2D eigenvalue weighted by Crippen LogP contribution is 2.13. The van der Waals surface area contributed by atoms with E-state index in [1.165, 1.54) is 51.4 Å². The number of nitrogens with zero attached hydrogens (tertiary/aromatic N) is 2. The molecule has 0 spiro atoms. The van der Waals surface area contributed by atoms with E-state index < -0.39 is 0 Å². The zero-order valence-corrected chi connectivity index (χ0v) is 13.4. The minimum atomic E-state index is -0.205. The minimum absolute atomic E-state index is 0.205. The van der Waals surface area contributed by atoms with Gasteiger partial charge < -0.3 is 5.11 Å². The van der Waals surface area contributed by atoms with Gasteiger partial charge in [0.2, 0.25) is 0 Å². The molecule has 0 amide bonds. The molecule has 1 aromatic heterocycles. The van der Waals surface area contributed by atoms with E-state index in [1.54, 1.807) is 4.68 Å². The number of aromatic nitrogens is 2. The number of hydrogen-bond donors (Lipinski definition) is 1. The highest BCUT2D eigenvalue weighted by Gasteiger charge is 2.06. The van der Waals surface area contributed by atoms with Crippen LogP contribution in [0.1, 0.15) is 76.7 Å². The number of aliphatic hydroxyl groups excluding tert-OH is 1. The van der Waals surface area contributed by atoms with Gasteiger partial charge in [0.1, 0.15) is 0 Å². The van der Waals surface area contributed by atoms with Crippen LogP contribution in [-0.2, 0) is 13.5 Å². The molecule has 0 bridgehead atoms. The molecule has 3 nitrogen and oxygen atoms in total. The van der Waals surface area contributed by atoms with Crippen molar-refractivity contribution in [2.75, 3.05) is 0 Å². The fraction of sp³-hybridized carbons (Fsp3) is 0.824. The highest BCUT2D eigenvalue weighted by molar-refractivity contribution is 5.04. The van der Waals surface area contributed by atoms with Crippen LogP contribution in [-0.4, -0.2) is 21.0 Å². The summed E-state index contributed by atoms with van der Waals surface area (Å²) >= 11 is 0. The van der Waals surface area contributed by atoms with E-state index in [0.717, 1.165) is 24.8 Å². The van der Waals surface area contributed by atoms with E-state index in [-0.39, 0.29) is 6.10 Å². The van der Waals surface area contributed by atoms with Gasteiger partial charge in [-0.2, -0.15) is 5.10 Å². The van der Waals surface area contributed by atoms with Gasteiger partial charge >= 0.3 is 0 Å². The molecule has 1 aromatic rings. The Morgan fingerprint density at radius 2 is 1.65 bits per heavy atom. The summed E-state index contributed by atoms with van der Waals surface area (Å²) in [6.45, 7) is 2.26. The predicted octanol–water partition coefficient (Wildman–Crippen LogP) is 4.24. The number of unbranched alkanes of at least 4 members (excludes halogenated alkanes) is 8. The Labute approximate surface area is 124 Å². The lowest BCUT2D eigenvalue weighted by atomic mass is 10.0. The third-order valence-corrected chi connectivity index (χ3v) is 3.87. The molecule has 0 fully saturated rings. The standard InChI is InChI=1S/C17H32N2O/c1-3-4-5-6-7-8-9-10-11-12-17(20)13-16-14-18-19(2)15-16/h14-15,17,20H,3-13H2,1-2H3. The summed E-state index contributed by atoms with van der Waals surface area (Å²) in [5.41, 5.74) is 1.14. The van der Waals surface area contributed by atoms with E-state index in [9.17, 15) is 5.11 Å². The number of aliphatic hydroxyl groups is 1. The maximum atomic E-state index is 9.97.